The molecule has 2 unspecified atom stereocenters. The van der Waals surface area contributed by atoms with Crippen LogP contribution in [0.2, 0.25) is 0 Å². The summed E-state index contributed by atoms with van der Waals surface area (Å²) in [7, 11) is 0. The van der Waals surface area contributed by atoms with Gasteiger partial charge in [-0.25, -0.2) is 0 Å². The van der Waals surface area contributed by atoms with Crippen molar-refractivity contribution in [2.24, 2.45) is 5.92 Å². The summed E-state index contributed by atoms with van der Waals surface area (Å²) in [5.74, 6) is -0.965. The van der Waals surface area contributed by atoms with Gasteiger partial charge in [-0.15, -0.1) is 0 Å². The molecule has 6 heteroatoms. The van der Waals surface area contributed by atoms with E-state index in [4.69, 9.17) is 9.63 Å². The van der Waals surface area contributed by atoms with Gasteiger partial charge in [0, 0.05) is 24.1 Å². The molecule has 6 nitrogen and oxygen atoms in total. The monoisotopic (exact) mass is 294 g/mol. The molecule has 0 spiro atoms. The maximum absolute atomic E-state index is 12.5. The highest BCUT2D eigenvalue weighted by Crippen LogP contribution is 2.26. The first-order valence-corrected chi connectivity index (χ1v) is 7.21. The predicted molar refractivity (Wildman–Crippen MR) is 76.1 cm³/mol. The molecular weight excluding hydrogens is 272 g/mol. The van der Waals surface area contributed by atoms with E-state index in [2.05, 4.69) is 5.16 Å². The first-order valence-electron chi connectivity index (χ1n) is 7.21. The molecule has 1 aliphatic heterocycles. The van der Waals surface area contributed by atoms with Crippen LogP contribution in [0.25, 0.3) is 0 Å². The fourth-order valence-electron chi connectivity index (χ4n) is 2.47. The smallest absolute Gasteiger partial charge is 0.308 e. The van der Waals surface area contributed by atoms with Crippen molar-refractivity contribution in [1.29, 1.82) is 0 Å². The number of carbonyl (C=O) groups excluding carboxylic acids is 1. The van der Waals surface area contributed by atoms with Crippen LogP contribution in [-0.4, -0.2) is 39.6 Å². The third-order valence-corrected chi connectivity index (χ3v) is 3.96. The molecule has 1 aromatic heterocycles. The summed E-state index contributed by atoms with van der Waals surface area (Å²) in [6.45, 7) is 8.09. The Morgan fingerprint density at radius 2 is 2.05 bits per heavy atom. The summed E-state index contributed by atoms with van der Waals surface area (Å²) in [6.07, 6.45) is 1.29. The number of hydrogen-bond donors (Lipinski definition) is 1. The lowest BCUT2D eigenvalue weighted by Gasteiger charge is -2.35. The zero-order chi connectivity index (χ0) is 15.8. The zero-order valence-electron chi connectivity index (χ0n) is 12.9. The summed E-state index contributed by atoms with van der Waals surface area (Å²) in [5.41, 5.74) is 0.0284. The second kappa shape index (κ2) is 5.50. The van der Waals surface area contributed by atoms with Gasteiger partial charge >= 0.3 is 5.97 Å². The van der Waals surface area contributed by atoms with Gasteiger partial charge in [0.1, 0.15) is 5.76 Å². The van der Waals surface area contributed by atoms with E-state index >= 15 is 0 Å². The molecule has 1 aromatic rings. The van der Waals surface area contributed by atoms with E-state index in [1.54, 1.807) is 11.0 Å². The van der Waals surface area contributed by atoms with Crippen molar-refractivity contribution in [2.75, 3.05) is 6.54 Å². The fraction of sp³-hybridized carbons (Fsp3) is 0.667. The van der Waals surface area contributed by atoms with Crippen molar-refractivity contribution in [2.45, 2.75) is 52.0 Å². The zero-order valence-corrected chi connectivity index (χ0v) is 12.9. The quantitative estimate of drug-likeness (QED) is 0.904. The van der Waals surface area contributed by atoms with Gasteiger partial charge in [-0.05, 0) is 19.8 Å². The van der Waals surface area contributed by atoms with Gasteiger partial charge in [0.05, 0.1) is 5.92 Å². The van der Waals surface area contributed by atoms with Crippen LogP contribution < -0.4 is 0 Å². The minimum Gasteiger partial charge on any atom is -0.481 e. The van der Waals surface area contributed by atoms with Gasteiger partial charge in [0.25, 0.3) is 5.91 Å². The highest BCUT2D eigenvalue weighted by molar-refractivity contribution is 5.93. The number of carboxylic acid groups (broad SMARTS) is 1. The summed E-state index contributed by atoms with van der Waals surface area (Å²) in [4.78, 5) is 25.2. The Balaban J connectivity index is 2.18. The number of piperidine rings is 1. The molecular formula is C15H22N2O4. The minimum atomic E-state index is -0.852. The van der Waals surface area contributed by atoms with Gasteiger partial charge in [-0.1, -0.05) is 25.9 Å². The molecule has 2 rings (SSSR count). The number of rotatable bonds is 2. The van der Waals surface area contributed by atoms with Crippen molar-refractivity contribution in [3.05, 3.63) is 17.5 Å². The van der Waals surface area contributed by atoms with Gasteiger partial charge in [-0.2, -0.15) is 0 Å². The molecule has 1 amide bonds. The largest absolute Gasteiger partial charge is 0.481 e. The molecule has 1 saturated heterocycles. The maximum atomic E-state index is 12.5. The number of nitrogens with zero attached hydrogens (tertiary/aromatic N) is 2. The first-order chi connectivity index (χ1) is 9.70. The van der Waals surface area contributed by atoms with Crippen LogP contribution in [0.15, 0.2) is 10.6 Å². The summed E-state index contributed by atoms with van der Waals surface area (Å²) in [6, 6.07) is 1.67. The number of likely N-dealkylation sites (tertiary alicyclic amines) is 1. The predicted octanol–water partition coefficient (Wildman–Crippen LogP) is 2.30. The number of aromatic nitrogens is 1. The van der Waals surface area contributed by atoms with Crippen LogP contribution >= 0.6 is 0 Å². The highest BCUT2D eigenvalue weighted by atomic mass is 16.5. The van der Waals surface area contributed by atoms with Crippen LogP contribution in [0, 0.1) is 5.92 Å². The van der Waals surface area contributed by atoms with Crippen molar-refractivity contribution in [3.8, 4) is 0 Å². The Bertz CT molecular complexity index is 544. The lowest BCUT2D eigenvalue weighted by molar-refractivity contribution is -0.143. The molecule has 2 heterocycles. The Morgan fingerprint density at radius 1 is 1.38 bits per heavy atom. The Hall–Kier alpha value is -1.85. The highest BCUT2D eigenvalue weighted by Gasteiger charge is 2.34. The Morgan fingerprint density at radius 3 is 2.57 bits per heavy atom. The SMILES string of the molecule is CC1CCC(C(=O)O)CN1C(=O)c1cc(C(C)(C)C)on1. The second-order valence-corrected chi connectivity index (χ2v) is 6.75. The van der Waals surface area contributed by atoms with Gasteiger partial charge in [-0.3, -0.25) is 9.59 Å². The molecule has 21 heavy (non-hydrogen) atoms. The molecule has 1 N–H and O–H groups in total. The number of amides is 1. The Kier molecular flexibility index (Phi) is 4.07. The molecule has 0 aromatic carbocycles. The molecule has 1 fully saturated rings. The summed E-state index contributed by atoms with van der Waals surface area (Å²) >= 11 is 0. The molecule has 1 aliphatic rings. The van der Waals surface area contributed by atoms with E-state index < -0.39 is 11.9 Å². The maximum Gasteiger partial charge on any atom is 0.308 e. The number of aliphatic carboxylic acids is 1. The van der Waals surface area contributed by atoms with E-state index in [0.717, 1.165) is 0 Å². The third kappa shape index (κ3) is 3.25. The second-order valence-electron chi connectivity index (χ2n) is 6.75. The average molecular weight is 294 g/mol. The lowest BCUT2D eigenvalue weighted by atomic mass is 9.92. The fourth-order valence-corrected chi connectivity index (χ4v) is 2.47. The van der Waals surface area contributed by atoms with Crippen molar-refractivity contribution in [3.63, 3.8) is 0 Å². The summed E-state index contributed by atoms with van der Waals surface area (Å²) < 4.78 is 5.24. The molecule has 0 bridgehead atoms. The average Bonchev–Trinajstić information content (AvgIpc) is 2.87. The topological polar surface area (TPSA) is 83.6 Å². The lowest BCUT2D eigenvalue weighted by Crippen LogP contribution is -2.47. The van der Waals surface area contributed by atoms with Crippen molar-refractivity contribution < 1.29 is 19.2 Å². The molecule has 0 saturated carbocycles. The third-order valence-electron chi connectivity index (χ3n) is 3.96. The van der Waals surface area contributed by atoms with E-state index in [1.807, 2.05) is 27.7 Å². The molecule has 0 aliphatic carbocycles. The van der Waals surface area contributed by atoms with E-state index in [9.17, 15) is 9.59 Å². The molecule has 0 radical (unpaired) electrons. The van der Waals surface area contributed by atoms with Crippen molar-refractivity contribution in [1.82, 2.24) is 10.1 Å². The van der Waals surface area contributed by atoms with E-state index in [0.29, 0.717) is 18.6 Å². The van der Waals surface area contributed by atoms with Gasteiger partial charge in [0.2, 0.25) is 0 Å². The van der Waals surface area contributed by atoms with Gasteiger partial charge in [0.15, 0.2) is 5.69 Å². The Labute approximate surface area is 124 Å². The number of carboxylic acids is 1. The number of hydrogen-bond acceptors (Lipinski definition) is 4. The number of carbonyl (C=O) groups is 2. The minimum absolute atomic E-state index is 0.0166. The van der Waals surface area contributed by atoms with Crippen LogP contribution in [0.5, 0.6) is 0 Å². The molecule has 116 valence electrons. The van der Waals surface area contributed by atoms with E-state index in [-0.39, 0.29) is 29.6 Å². The van der Waals surface area contributed by atoms with Crippen LogP contribution in [0.3, 0.4) is 0 Å². The van der Waals surface area contributed by atoms with Crippen LogP contribution in [-0.2, 0) is 10.2 Å². The molecule has 2 atom stereocenters. The van der Waals surface area contributed by atoms with Gasteiger partial charge < -0.3 is 14.5 Å². The van der Waals surface area contributed by atoms with Crippen LogP contribution in [0.1, 0.15) is 56.8 Å². The first kappa shape index (κ1) is 15.5. The standard InChI is InChI=1S/C15H22N2O4/c1-9-5-6-10(14(19)20)8-17(9)13(18)11-7-12(21-16-11)15(2,3)4/h7,9-10H,5-6,8H2,1-4H3,(H,19,20). The van der Waals surface area contributed by atoms with Crippen molar-refractivity contribution >= 4 is 11.9 Å². The van der Waals surface area contributed by atoms with E-state index in [1.165, 1.54) is 0 Å². The van der Waals surface area contributed by atoms with Crippen LogP contribution in [0.4, 0.5) is 0 Å². The summed E-state index contributed by atoms with van der Waals surface area (Å²) in [5, 5.41) is 13.0. The normalized spacial score (nSPS) is 23.1.